The third kappa shape index (κ3) is 3.35. The average Bonchev–Trinajstić information content (AvgIpc) is 2.45. The second-order valence-electron chi connectivity index (χ2n) is 4.37. The van der Waals surface area contributed by atoms with Crippen LogP contribution in [-0.2, 0) is 12.8 Å². The normalized spacial score (nSPS) is 10.2. The second-order valence-corrected chi connectivity index (χ2v) is 4.37. The summed E-state index contributed by atoms with van der Waals surface area (Å²) in [7, 11) is 1.65. The van der Waals surface area contributed by atoms with Crippen LogP contribution in [0.1, 0.15) is 21.5 Å². The fourth-order valence-corrected chi connectivity index (χ4v) is 2.09. The molecular formula is C16H17NO2. The van der Waals surface area contributed by atoms with Crippen molar-refractivity contribution in [1.82, 2.24) is 0 Å². The van der Waals surface area contributed by atoms with Crippen LogP contribution in [0.3, 0.4) is 0 Å². The maximum Gasteiger partial charge on any atom is 0.248 e. The Morgan fingerprint density at radius 2 is 1.89 bits per heavy atom. The summed E-state index contributed by atoms with van der Waals surface area (Å²) in [4.78, 5) is 11.3. The number of hydrogen-bond donors (Lipinski definition) is 1. The van der Waals surface area contributed by atoms with E-state index in [1.807, 2.05) is 36.4 Å². The zero-order valence-electron chi connectivity index (χ0n) is 10.9. The van der Waals surface area contributed by atoms with Crippen LogP contribution in [0, 0.1) is 0 Å². The van der Waals surface area contributed by atoms with Crippen molar-refractivity contribution in [3.05, 3.63) is 65.2 Å². The van der Waals surface area contributed by atoms with Crippen molar-refractivity contribution in [2.24, 2.45) is 5.73 Å². The van der Waals surface area contributed by atoms with Gasteiger partial charge in [-0.1, -0.05) is 30.3 Å². The summed E-state index contributed by atoms with van der Waals surface area (Å²) < 4.78 is 5.19. The Balaban J connectivity index is 2.12. The van der Waals surface area contributed by atoms with Gasteiger partial charge in [0.05, 0.1) is 7.11 Å². The molecule has 3 nitrogen and oxygen atoms in total. The number of carbonyl (C=O) groups excluding carboxylic acids is 1. The van der Waals surface area contributed by atoms with Gasteiger partial charge in [-0.25, -0.2) is 0 Å². The van der Waals surface area contributed by atoms with Crippen LogP contribution in [0.15, 0.2) is 48.5 Å². The monoisotopic (exact) mass is 255 g/mol. The summed E-state index contributed by atoms with van der Waals surface area (Å²) in [6.45, 7) is 0. The fourth-order valence-electron chi connectivity index (χ4n) is 2.09. The molecule has 2 N–H and O–H groups in total. The zero-order chi connectivity index (χ0) is 13.7. The van der Waals surface area contributed by atoms with Gasteiger partial charge in [0.25, 0.3) is 0 Å². The zero-order valence-corrected chi connectivity index (χ0v) is 10.9. The maximum absolute atomic E-state index is 11.3. The molecule has 19 heavy (non-hydrogen) atoms. The number of ether oxygens (including phenoxy) is 1. The standard InChI is InChI=1S/C16H17NO2/c1-19-14-7-4-5-12(11-14)9-10-13-6-2-3-8-15(13)16(17)18/h2-8,11H,9-10H2,1H3,(H2,17,18). The number of hydrogen-bond acceptors (Lipinski definition) is 2. The van der Waals surface area contributed by atoms with E-state index in [0.717, 1.165) is 24.2 Å². The molecule has 3 heteroatoms. The average molecular weight is 255 g/mol. The molecule has 2 aromatic rings. The molecular weight excluding hydrogens is 238 g/mol. The molecule has 0 aliphatic carbocycles. The highest BCUT2D eigenvalue weighted by molar-refractivity contribution is 5.94. The van der Waals surface area contributed by atoms with Gasteiger partial charge in [-0.2, -0.15) is 0 Å². The van der Waals surface area contributed by atoms with E-state index in [-0.39, 0.29) is 5.91 Å². The third-order valence-corrected chi connectivity index (χ3v) is 3.10. The van der Waals surface area contributed by atoms with Gasteiger partial charge in [0.15, 0.2) is 0 Å². The molecule has 0 heterocycles. The van der Waals surface area contributed by atoms with Crippen LogP contribution in [0.2, 0.25) is 0 Å². The molecule has 0 atom stereocenters. The lowest BCUT2D eigenvalue weighted by atomic mass is 9.99. The Hall–Kier alpha value is -2.29. The van der Waals surface area contributed by atoms with Gasteiger partial charge in [0, 0.05) is 5.56 Å². The quantitative estimate of drug-likeness (QED) is 0.892. The van der Waals surface area contributed by atoms with Gasteiger partial charge in [-0.05, 0) is 42.2 Å². The smallest absolute Gasteiger partial charge is 0.248 e. The molecule has 0 aliphatic heterocycles. The predicted octanol–water partition coefficient (Wildman–Crippen LogP) is 2.58. The number of nitrogens with two attached hydrogens (primary N) is 1. The second kappa shape index (κ2) is 6.05. The molecule has 0 radical (unpaired) electrons. The molecule has 1 amide bonds. The van der Waals surface area contributed by atoms with Crippen molar-refractivity contribution in [2.75, 3.05) is 7.11 Å². The minimum absolute atomic E-state index is 0.374. The summed E-state index contributed by atoms with van der Waals surface area (Å²) in [5.74, 6) is 0.474. The van der Waals surface area contributed by atoms with E-state index < -0.39 is 0 Å². The van der Waals surface area contributed by atoms with Crippen molar-refractivity contribution in [3.63, 3.8) is 0 Å². The molecule has 0 bridgehead atoms. The molecule has 98 valence electrons. The number of carbonyl (C=O) groups is 1. The van der Waals surface area contributed by atoms with Crippen LogP contribution in [0.5, 0.6) is 5.75 Å². The minimum atomic E-state index is -0.374. The maximum atomic E-state index is 11.3. The van der Waals surface area contributed by atoms with Crippen LogP contribution in [0.25, 0.3) is 0 Å². The molecule has 0 saturated carbocycles. The first-order chi connectivity index (χ1) is 9.20. The number of primary amides is 1. The van der Waals surface area contributed by atoms with E-state index in [2.05, 4.69) is 6.07 Å². The fraction of sp³-hybridized carbons (Fsp3) is 0.188. The third-order valence-electron chi connectivity index (χ3n) is 3.10. The van der Waals surface area contributed by atoms with E-state index in [9.17, 15) is 4.79 Å². The van der Waals surface area contributed by atoms with Crippen molar-refractivity contribution in [2.45, 2.75) is 12.8 Å². The van der Waals surface area contributed by atoms with E-state index in [0.29, 0.717) is 5.56 Å². The lowest BCUT2D eigenvalue weighted by Gasteiger charge is -2.07. The molecule has 0 spiro atoms. The first kappa shape index (κ1) is 13.1. The highest BCUT2D eigenvalue weighted by atomic mass is 16.5. The van der Waals surface area contributed by atoms with Gasteiger partial charge in [-0.3, -0.25) is 4.79 Å². The van der Waals surface area contributed by atoms with Crippen LogP contribution < -0.4 is 10.5 Å². The molecule has 0 aliphatic rings. The van der Waals surface area contributed by atoms with Crippen LogP contribution in [-0.4, -0.2) is 13.0 Å². The number of amides is 1. The highest BCUT2D eigenvalue weighted by Crippen LogP contribution is 2.16. The van der Waals surface area contributed by atoms with Crippen molar-refractivity contribution < 1.29 is 9.53 Å². The summed E-state index contributed by atoms with van der Waals surface area (Å²) in [6, 6.07) is 15.4. The molecule has 0 fully saturated rings. The molecule has 0 saturated heterocycles. The van der Waals surface area contributed by atoms with Crippen LogP contribution >= 0.6 is 0 Å². The van der Waals surface area contributed by atoms with E-state index >= 15 is 0 Å². The topological polar surface area (TPSA) is 52.3 Å². The lowest BCUT2D eigenvalue weighted by molar-refractivity contribution is 0.0999. The SMILES string of the molecule is COc1cccc(CCc2ccccc2C(N)=O)c1. The number of aryl methyl sites for hydroxylation is 2. The summed E-state index contributed by atoms with van der Waals surface area (Å²) in [5.41, 5.74) is 8.14. The lowest BCUT2D eigenvalue weighted by Crippen LogP contribution is -2.13. The Morgan fingerprint density at radius 1 is 1.11 bits per heavy atom. The predicted molar refractivity (Wildman–Crippen MR) is 75.4 cm³/mol. The van der Waals surface area contributed by atoms with Gasteiger partial charge in [0.2, 0.25) is 5.91 Å². The first-order valence-corrected chi connectivity index (χ1v) is 6.21. The minimum Gasteiger partial charge on any atom is -0.497 e. The summed E-state index contributed by atoms with van der Waals surface area (Å²) in [6.07, 6.45) is 1.63. The largest absolute Gasteiger partial charge is 0.497 e. The number of methoxy groups -OCH3 is 1. The molecule has 0 aromatic heterocycles. The Morgan fingerprint density at radius 3 is 2.63 bits per heavy atom. The van der Waals surface area contributed by atoms with Gasteiger partial charge in [0.1, 0.15) is 5.75 Å². The Bertz CT molecular complexity index is 578. The summed E-state index contributed by atoms with van der Waals surface area (Å²) >= 11 is 0. The number of rotatable bonds is 5. The summed E-state index contributed by atoms with van der Waals surface area (Å²) in [5, 5.41) is 0. The Labute approximate surface area is 113 Å². The van der Waals surface area contributed by atoms with Gasteiger partial charge >= 0.3 is 0 Å². The molecule has 2 aromatic carbocycles. The van der Waals surface area contributed by atoms with Crippen molar-refractivity contribution in [3.8, 4) is 5.75 Å². The van der Waals surface area contributed by atoms with E-state index in [4.69, 9.17) is 10.5 Å². The van der Waals surface area contributed by atoms with E-state index in [1.165, 1.54) is 5.56 Å². The highest BCUT2D eigenvalue weighted by Gasteiger charge is 2.07. The van der Waals surface area contributed by atoms with Crippen LogP contribution in [0.4, 0.5) is 0 Å². The van der Waals surface area contributed by atoms with Gasteiger partial charge in [-0.15, -0.1) is 0 Å². The van der Waals surface area contributed by atoms with E-state index in [1.54, 1.807) is 13.2 Å². The Kier molecular flexibility index (Phi) is 4.18. The first-order valence-electron chi connectivity index (χ1n) is 6.21. The van der Waals surface area contributed by atoms with Crippen molar-refractivity contribution >= 4 is 5.91 Å². The van der Waals surface area contributed by atoms with Gasteiger partial charge < -0.3 is 10.5 Å². The van der Waals surface area contributed by atoms with Crippen molar-refractivity contribution in [1.29, 1.82) is 0 Å². The molecule has 2 rings (SSSR count). The molecule has 0 unspecified atom stereocenters. The number of benzene rings is 2.